The number of hydrogen-bond donors (Lipinski definition) is 5. The van der Waals surface area contributed by atoms with Crippen LogP contribution in [0, 0.1) is 0 Å². The molecule has 64 heavy (non-hydrogen) atoms. The van der Waals surface area contributed by atoms with Crippen LogP contribution in [0.4, 0.5) is 0 Å². The standard InChI is InChI=1S/C47H76O15P2/c1-3-5-7-9-11-13-15-17-18-19-20-21-22-24-26-28-30-32-34-36-47(52)58-38-44(49)40-60-64(55,56)62-42-45(50)41-61-63(53,54)59-39-43(48)37-57-46(51)35-33-31-29-27-25-23-16-14-12-10-8-6-4-2/h6,8,10-14,16-18,20-21,23-27,29,43-45,48-50H,3-5,7,9,15,19,22,28,30-42H2,1-2H3,(H,53,54)(H,55,56)/b8-6+,12-10+,13-11-,16-14-,18-17-,21-20-,25-23-,26-24-,29-27+. The molecule has 5 N–H and O–H groups in total. The number of phosphoric acid groups is 2. The van der Waals surface area contributed by atoms with Crippen LogP contribution in [0.5, 0.6) is 0 Å². The van der Waals surface area contributed by atoms with Crippen LogP contribution < -0.4 is 0 Å². The summed E-state index contributed by atoms with van der Waals surface area (Å²) in [6.45, 7) is 0.0660. The first-order chi connectivity index (χ1) is 30.8. The van der Waals surface area contributed by atoms with Gasteiger partial charge in [-0.3, -0.25) is 27.7 Å². The summed E-state index contributed by atoms with van der Waals surface area (Å²) in [6.07, 6.45) is 45.3. The summed E-state index contributed by atoms with van der Waals surface area (Å²) in [5.74, 6) is -1.11. The zero-order valence-corrected chi connectivity index (χ0v) is 39.7. The lowest BCUT2D eigenvalue weighted by molar-refractivity contribution is -0.148. The number of hydrogen-bond acceptors (Lipinski definition) is 13. The molecule has 0 aromatic carbocycles. The third-order valence-electron chi connectivity index (χ3n) is 8.34. The van der Waals surface area contributed by atoms with Crippen LogP contribution in [0.25, 0.3) is 0 Å². The number of unbranched alkanes of at least 4 members (excludes halogenated alkanes) is 7. The van der Waals surface area contributed by atoms with Gasteiger partial charge >= 0.3 is 27.6 Å². The van der Waals surface area contributed by atoms with E-state index in [2.05, 4.69) is 86.6 Å². The normalized spacial score (nSPS) is 16.2. The molecule has 0 amide bonds. The van der Waals surface area contributed by atoms with Gasteiger partial charge in [0.1, 0.15) is 31.5 Å². The van der Waals surface area contributed by atoms with Crippen molar-refractivity contribution in [2.45, 2.75) is 135 Å². The molecule has 0 fully saturated rings. The minimum atomic E-state index is -4.81. The average molecular weight is 943 g/mol. The number of aliphatic hydroxyl groups is 3. The third-order valence-corrected chi connectivity index (χ3v) is 10.2. The predicted molar refractivity (Wildman–Crippen MR) is 251 cm³/mol. The van der Waals surface area contributed by atoms with Crippen molar-refractivity contribution in [3.8, 4) is 0 Å². The molecule has 17 heteroatoms. The Hall–Kier alpha value is -3.30. The molecule has 364 valence electrons. The molecule has 0 saturated carbocycles. The first-order valence-corrected chi connectivity index (χ1v) is 25.3. The van der Waals surface area contributed by atoms with Crippen molar-refractivity contribution in [1.29, 1.82) is 0 Å². The van der Waals surface area contributed by atoms with Crippen LogP contribution in [0.3, 0.4) is 0 Å². The van der Waals surface area contributed by atoms with Gasteiger partial charge in [-0.2, -0.15) is 0 Å². The summed E-state index contributed by atoms with van der Waals surface area (Å²) >= 11 is 0. The van der Waals surface area contributed by atoms with E-state index in [1.165, 1.54) is 19.3 Å². The maximum atomic E-state index is 12.1. The van der Waals surface area contributed by atoms with E-state index in [1.807, 2.05) is 54.7 Å². The number of ether oxygens (including phenoxy) is 2. The lowest BCUT2D eigenvalue weighted by Crippen LogP contribution is -2.25. The van der Waals surface area contributed by atoms with Crippen molar-refractivity contribution < 1.29 is 71.4 Å². The highest BCUT2D eigenvalue weighted by Crippen LogP contribution is 2.45. The van der Waals surface area contributed by atoms with Crippen molar-refractivity contribution in [3.63, 3.8) is 0 Å². The summed E-state index contributed by atoms with van der Waals surface area (Å²) in [5.41, 5.74) is 0. The Morgan fingerprint density at radius 3 is 1.23 bits per heavy atom. The Bertz CT molecular complexity index is 1560. The molecular formula is C47H76O15P2. The molecule has 0 bridgehead atoms. The van der Waals surface area contributed by atoms with E-state index in [0.717, 1.165) is 51.4 Å². The molecule has 0 aliphatic carbocycles. The topological polar surface area (TPSA) is 225 Å². The van der Waals surface area contributed by atoms with Gasteiger partial charge in [0.05, 0.1) is 26.4 Å². The highest BCUT2D eigenvalue weighted by atomic mass is 31.2. The minimum absolute atomic E-state index is 0.0936. The van der Waals surface area contributed by atoms with Crippen molar-refractivity contribution >= 4 is 27.6 Å². The van der Waals surface area contributed by atoms with Gasteiger partial charge in [0, 0.05) is 12.8 Å². The Morgan fingerprint density at radius 1 is 0.438 bits per heavy atom. The average Bonchev–Trinajstić information content (AvgIpc) is 3.27. The highest BCUT2D eigenvalue weighted by Gasteiger charge is 2.28. The fraction of sp³-hybridized carbons (Fsp3) is 0.574. The molecule has 0 aromatic heterocycles. The maximum Gasteiger partial charge on any atom is 0.472 e. The van der Waals surface area contributed by atoms with Crippen molar-refractivity contribution in [3.05, 3.63) is 109 Å². The number of esters is 2. The fourth-order valence-corrected chi connectivity index (χ4v) is 6.46. The zero-order valence-electron chi connectivity index (χ0n) is 37.9. The van der Waals surface area contributed by atoms with Gasteiger partial charge in [-0.15, -0.1) is 0 Å². The number of carbonyl (C=O) groups is 2. The molecule has 0 aliphatic rings. The van der Waals surface area contributed by atoms with Crippen LogP contribution in [-0.2, 0) is 46.3 Å². The van der Waals surface area contributed by atoms with Crippen LogP contribution in [0.2, 0.25) is 0 Å². The van der Waals surface area contributed by atoms with Gasteiger partial charge in [0.2, 0.25) is 0 Å². The third kappa shape index (κ3) is 43.9. The number of carbonyl (C=O) groups excluding carboxylic acids is 2. The second-order valence-corrected chi connectivity index (χ2v) is 17.4. The van der Waals surface area contributed by atoms with Gasteiger partial charge in [0.15, 0.2) is 0 Å². The first kappa shape index (κ1) is 60.7. The van der Waals surface area contributed by atoms with Crippen LogP contribution in [-0.4, -0.2) is 95.0 Å². The number of aliphatic hydroxyl groups excluding tert-OH is 3. The van der Waals surface area contributed by atoms with E-state index in [1.54, 1.807) is 0 Å². The molecule has 0 aliphatic heterocycles. The van der Waals surface area contributed by atoms with Crippen molar-refractivity contribution in [1.82, 2.24) is 0 Å². The number of allylic oxidation sites excluding steroid dienone is 18. The predicted octanol–water partition coefficient (Wildman–Crippen LogP) is 9.71. The van der Waals surface area contributed by atoms with Gasteiger partial charge in [0.25, 0.3) is 0 Å². The monoisotopic (exact) mass is 942 g/mol. The fourth-order valence-electron chi connectivity index (χ4n) is 4.87. The Kier molecular flexibility index (Phi) is 40.2. The maximum absolute atomic E-state index is 12.1. The van der Waals surface area contributed by atoms with Crippen molar-refractivity contribution in [2.75, 3.05) is 39.6 Å². The largest absolute Gasteiger partial charge is 0.472 e. The quantitative estimate of drug-likeness (QED) is 0.0126. The first-order valence-electron chi connectivity index (χ1n) is 22.3. The summed E-state index contributed by atoms with van der Waals surface area (Å²) < 4.78 is 52.8. The zero-order chi connectivity index (χ0) is 47.4. The summed E-state index contributed by atoms with van der Waals surface area (Å²) in [4.78, 5) is 43.6. The Labute approximate surface area is 381 Å². The van der Waals surface area contributed by atoms with Crippen LogP contribution in [0.15, 0.2) is 109 Å². The van der Waals surface area contributed by atoms with Crippen molar-refractivity contribution in [2.24, 2.45) is 0 Å². The second-order valence-electron chi connectivity index (χ2n) is 14.4. The van der Waals surface area contributed by atoms with E-state index in [4.69, 9.17) is 9.47 Å². The van der Waals surface area contributed by atoms with E-state index < -0.39 is 85.5 Å². The smallest absolute Gasteiger partial charge is 0.463 e. The molecule has 0 rings (SSSR count). The van der Waals surface area contributed by atoms with E-state index in [9.17, 15) is 43.8 Å². The molecule has 0 saturated heterocycles. The molecule has 0 radical (unpaired) electrons. The molecule has 15 nitrogen and oxygen atoms in total. The Morgan fingerprint density at radius 2 is 0.797 bits per heavy atom. The number of rotatable bonds is 41. The minimum Gasteiger partial charge on any atom is -0.463 e. The number of phosphoric ester groups is 2. The Balaban J connectivity index is 4.03. The van der Waals surface area contributed by atoms with Gasteiger partial charge < -0.3 is 34.6 Å². The highest BCUT2D eigenvalue weighted by molar-refractivity contribution is 7.47. The molecule has 5 atom stereocenters. The molecular weight excluding hydrogens is 866 g/mol. The lowest BCUT2D eigenvalue weighted by atomic mass is 10.1. The molecule has 5 unspecified atom stereocenters. The second kappa shape index (κ2) is 42.3. The van der Waals surface area contributed by atoms with Crippen LogP contribution in [0.1, 0.15) is 117 Å². The van der Waals surface area contributed by atoms with Gasteiger partial charge in [-0.1, -0.05) is 142 Å². The summed E-state index contributed by atoms with van der Waals surface area (Å²) in [6, 6.07) is 0. The summed E-state index contributed by atoms with van der Waals surface area (Å²) in [5, 5.41) is 29.9. The van der Waals surface area contributed by atoms with Crippen LogP contribution >= 0.6 is 15.6 Å². The summed E-state index contributed by atoms with van der Waals surface area (Å²) in [7, 11) is -9.61. The van der Waals surface area contributed by atoms with E-state index in [-0.39, 0.29) is 12.8 Å². The molecule has 0 heterocycles. The van der Waals surface area contributed by atoms with E-state index in [0.29, 0.717) is 19.3 Å². The van der Waals surface area contributed by atoms with Gasteiger partial charge in [-0.25, -0.2) is 9.13 Å². The van der Waals surface area contributed by atoms with Gasteiger partial charge in [-0.05, 0) is 70.6 Å². The molecule has 0 spiro atoms. The molecule has 0 aromatic rings. The van der Waals surface area contributed by atoms with E-state index >= 15 is 0 Å². The lowest BCUT2D eigenvalue weighted by Gasteiger charge is -2.19. The SMILES string of the molecule is CC/C=C/C=C/C=C\C=C/C=C/CCCC(=O)OCC(O)COP(=O)(O)OCC(O)COP(=O)(O)OCC(O)COC(=O)CCCCC/C=C\C/C=C\C/C=C\C/C=C\CCCCC.